The van der Waals surface area contributed by atoms with Crippen molar-refractivity contribution in [2.45, 2.75) is 46.1 Å². The van der Waals surface area contributed by atoms with Gasteiger partial charge < -0.3 is 4.74 Å². The second-order valence-electron chi connectivity index (χ2n) is 7.30. The molecule has 3 heterocycles. The van der Waals surface area contributed by atoms with Gasteiger partial charge in [0.25, 0.3) is 0 Å². The summed E-state index contributed by atoms with van der Waals surface area (Å²) in [5, 5.41) is 0. The molecule has 2 aromatic rings. The van der Waals surface area contributed by atoms with E-state index in [4.69, 9.17) is 4.74 Å². The summed E-state index contributed by atoms with van der Waals surface area (Å²) in [5.74, 6) is 1.54. The summed E-state index contributed by atoms with van der Waals surface area (Å²) < 4.78 is 5.33. The molecular weight excluding hydrogens is 310 g/mol. The van der Waals surface area contributed by atoms with Crippen LogP contribution in [0.4, 0.5) is 0 Å². The lowest BCUT2D eigenvalue weighted by atomic mass is 9.90. The van der Waals surface area contributed by atoms with Crippen LogP contribution in [0.1, 0.15) is 48.3 Å². The first kappa shape index (κ1) is 17.9. The molecule has 1 aliphatic heterocycles. The maximum atomic E-state index is 5.33. The van der Waals surface area contributed by atoms with Gasteiger partial charge in [-0.3, -0.25) is 14.9 Å². The standard InChI is InChI=1S/C21H29N3O/c1-15-8-19(9-16(2)23-15)10-18-6-5-7-24(14-18)17(3)20-11-21(25-4)13-22-12-20/h8-9,11-13,17-18H,5-7,10,14H2,1-4H3/t17?,18-/m1/s1. The zero-order valence-corrected chi connectivity index (χ0v) is 15.8. The van der Waals surface area contributed by atoms with Gasteiger partial charge in [0.05, 0.1) is 13.3 Å². The fourth-order valence-electron chi connectivity index (χ4n) is 3.97. The third-order valence-corrected chi connectivity index (χ3v) is 5.22. The number of aromatic nitrogens is 2. The van der Waals surface area contributed by atoms with Gasteiger partial charge in [-0.15, -0.1) is 0 Å². The van der Waals surface area contributed by atoms with Gasteiger partial charge in [0.1, 0.15) is 5.75 Å². The zero-order valence-electron chi connectivity index (χ0n) is 15.8. The summed E-state index contributed by atoms with van der Waals surface area (Å²) in [6.07, 6.45) is 7.44. The topological polar surface area (TPSA) is 38.2 Å². The number of piperidine rings is 1. The van der Waals surface area contributed by atoms with Gasteiger partial charge in [0.15, 0.2) is 0 Å². The fourth-order valence-corrected chi connectivity index (χ4v) is 3.97. The highest BCUT2D eigenvalue weighted by Crippen LogP contribution is 2.29. The van der Waals surface area contributed by atoms with Crippen LogP contribution in [0.5, 0.6) is 5.75 Å². The largest absolute Gasteiger partial charge is 0.495 e. The summed E-state index contributed by atoms with van der Waals surface area (Å²) >= 11 is 0. The molecule has 25 heavy (non-hydrogen) atoms. The maximum absolute atomic E-state index is 5.33. The molecule has 0 aliphatic carbocycles. The first-order valence-corrected chi connectivity index (χ1v) is 9.22. The molecule has 1 aliphatic rings. The molecule has 0 bridgehead atoms. The summed E-state index contributed by atoms with van der Waals surface area (Å²) in [4.78, 5) is 11.4. The number of hydrogen-bond acceptors (Lipinski definition) is 4. The molecule has 3 rings (SSSR count). The van der Waals surface area contributed by atoms with E-state index < -0.39 is 0 Å². The van der Waals surface area contributed by atoms with E-state index in [2.05, 4.69) is 53.8 Å². The van der Waals surface area contributed by atoms with E-state index in [0.29, 0.717) is 12.0 Å². The zero-order chi connectivity index (χ0) is 17.8. The number of hydrogen-bond donors (Lipinski definition) is 0. The van der Waals surface area contributed by atoms with Crippen LogP contribution in [0.2, 0.25) is 0 Å². The Kier molecular flexibility index (Phi) is 5.69. The Labute approximate surface area is 151 Å². The number of aryl methyl sites for hydroxylation is 2. The molecule has 0 saturated carbocycles. The lowest BCUT2D eigenvalue weighted by Crippen LogP contribution is -2.38. The minimum Gasteiger partial charge on any atom is -0.495 e. The van der Waals surface area contributed by atoms with E-state index in [1.807, 2.05) is 6.20 Å². The average Bonchev–Trinajstić information content (AvgIpc) is 2.60. The van der Waals surface area contributed by atoms with Crippen molar-refractivity contribution in [3.8, 4) is 5.75 Å². The lowest BCUT2D eigenvalue weighted by Gasteiger charge is -2.37. The third kappa shape index (κ3) is 4.57. The molecule has 2 aromatic heterocycles. The molecule has 1 fully saturated rings. The van der Waals surface area contributed by atoms with Crippen LogP contribution in [0.15, 0.2) is 30.6 Å². The van der Waals surface area contributed by atoms with Gasteiger partial charge in [-0.2, -0.15) is 0 Å². The van der Waals surface area contributed by atoms with Gasteiger partial charge >= 0.3 is 0 Å². The number of pyridine rings is 2. The SMILES string of the molecule is COc1cncc(C(C)N2CCC[C@H](Cc3cc(C)nc(C)c3)C2)c1. The molecule has 1 unspecified atom stereocenters. The fraction of sp³-hybridized carbons (Fsp3) is 0.524. The van der Waals surface area contributed by atoms with Crippen molar-refractivity contribution < 1.29 is 4.74 Å². The Balaban J connectivity index is 1.67. The molecular formula is C21H29N3O. The molecule has 0 radical (unpaired) electrons. The molecule has 0 aromatic carbocycles. The van der Waals surface area contributed by atoms with Crippen LogP contribution in [0.3, 0.4) is 0 Å². The predicted molar refractivity (Wildman–Crippen MR) is 101 cm³/mol. The Morgan fingerprint density at radius 2 is 1.96 bits per heavy atom. The molecule has 4 heteroatoms. The summed E-state index contributed by atoms with van der Waals surface area (Å²) in [6.45, 7) is 8.74. The Hall–Kier alpha value is -1.94. The quantitative estimate of drug-likeness (QED) is 0.821. The van der Waals surface area contributed by atoms with Gasteiger partial charge in [0.2, 0.25) is 0 Å². The van der Waals surface area contributed by atoms with Crippen molar-refractivity contribution in [2.75, 3.05) is 20.2 Å². The Bertz CT molecular complexity index is 696. The van der Waals surface area contributed by atoms with Gasteiger partial charge in [-0.1, -0.05) is 0 Å². The van der Waals surface area contributed by atoms with Crippen molar-refractivity contribution in [3.63, 3.8) is 0 Å². The number of likely N-dealkylation sites (tertiary alicyclic amines) is 1. The summed E-state index contributed by atoms with van der Waals surface area (Å²) in [6, 6.07) is 6.95. The number of rotatable bonds is 5. The van der Waals surface area contributed by atoms with Crippen LogP contribution in [-0.2, 0) is 6.42 Å². The molecule has 4 nitrogen and oxygen atoms in total. The van der Waals surface area contributed by atoms with Crippen LogP contribution in [0, 0.1) is 19.8 Å². The van der Waals surface area contributed by atoms with Crippen LogP contribution in [-0.4, -0.2) is 35.1 Å². The number of ether oxygens (including phenoxy) is 1. The van der Waals surface area contributed by atoms with E-state index in [9.17, 15) is 0 Å². The van der Waals surface area contributed by atoms with E-state index in [0.717, 1.165) is 36.6 Å². The normalized spacial score (nSPS) is 19.6. The number of methoxy groups -OCH3 is 1. The van der Waals surface area contributed by atoms with Crippen molar-refractivity contribution >= 4 is 0 Å². The first-order valence-electron chi connectivity index (χ1n) is 9.22. The minimum absolute atomic E-state index is 0.367. The van der Waals surface area contributed by atoms with Gasteiger partial charge in [-0.05, 0) is 81.8 Å². The third-order valence-electron chi connectivity index (χ3n) is 5.22. The summed E-state index contributed by atoms with van der Waals surface area (Å²) in [5.41, 5.74) is 4.90. The summed E-state index contributed by atoms with van der Waals surface area (Å²) in [7, 11) is 1.70. The molecule has 0 N–H and O–H groups in total. The first-order chi connectivity index (χ1) is 12.0. The highest BCUT2D eigenvalue weighted by atomic mass is 16.5. The van der Waals surface area contributed by atoms with Crippen LogP contribution < -0.4 is 4.74 Å². The molecule has 1 saturated heterocycles. The number of nitrogens with zero attached hydrogens (tertiary/aromatic N) is 3. The minimum atomic E-state index is 0.367. The smallest absolute Gasteiger partial charge is 0.137 e. The second kappa shape index (κ2) is 7.96. The molecule has 2 atom stereocenters. The van der Waals surface area contributed by atoms with Crippen molar-refractivity contribution in [2.24, 2.45) is 5.92 Å². The Morgan fingerprint density at radius 3 is 2.68 bits per heavy atom. The van der Waals surface area contributed by atoms with Crippen LogP contribution >= 0.6 is 0 Å². The van der Waals surface area contributed by atoms with E-state index >= 15 is 0 Å². The van der Waals surface area contributed by atoms with Crippen molar-refractivity contribution in [1.82, 2.24) is 14.9 Å². The van der Waals surface area contributed by atoms with E-state index in [1.165, 1.54) is 24.0 Å². The van der Waals surface area contributed by atoms with E-state index in [-0.39, 0.29) is 0 Å². The van der Waals surface area contributed by atoms with Gasteiger partial charge in [-0.25, -0.2) is 0 Å². The Morgan fingerprint density at radius 1 is 1.20 bits per heavy atom. The monoisotopic (exact) mass is 339 g/mol. The van der Waals surface area contributed by atoms with Crippen LogP contribution in [0.25, 0.3) is 0 Å². The molecule has 134 valence electrons. The van der Waals surface area contributed by atoms with E-state index in [1.54, 1.807) is 13.3 Å². The highest BCUT2D eigenvalue weighted by molar-refractivity contribution is 5.26. The van der Waals surface area contributed by atoms with Crippen molar-refractivity contribution in [3.05, 3.63) is 53.1 Å². The molecule has 0 spiro atoms. The van der Waals surface area contributed by atoms with Gasteiger partial charge in [0, 0.05) is 30.2 Å². The molecule has 0 amide bonds. The van der Waals surface area contributed by atoms with Crippen molar-refractivity contribution in [1.29, 1.82) is 0 Å². The highest BCUT2D eigenvalue weighted by Gasteiger charge is 2.25. The lowest BCUT2D eigenvalue weighted by molar-refractivity contribution is 0.131. The predicted octanol–water partition coefficient (Wildman–Crippen LogP) is 4.12. The maximum Gasteiger partial charge on any atom is 0.137 e. The average molecular weight is 339 g/mol. The second-order valence-corrected chi connectivity index (χ2v) is 7.30.